The minimum absolute atomic E-state index is 0.0475. The first kappa shape index (κ1) is 26.5. The maximum absolute atomic E-state index is 14.5. The number of rotatable bonds is 10. The maximum Gasteiger partial charge on any atom is 0.349 e. The van der Waals surface area contributed by atoms with E-state index in [1.54, 1.807) is 0 Å². The third-order valence-corrected chi connectivity index (χ3v) is 6.48. The van der Waals surface area contributed by atoms with E-state index in [1.165, 1.54) is 38.2 Å². The Labute approximate surface area is 202 Å². The second-order valence-electron chi connectivity index (χ2n) is 9.07. The number of unbranched alkanes of at least 4 members (excludes halogenated alkanes) is 3. The van der Waals surface area contributed by atoms with Crippen molar-refractivity contribution in [3.8, 4) is 17.6 Å². The molecule has 0 bridgehead atoms. The van der Waals surface area contributed by atoms with Gasteiger partial charge in [-0.25, -0.2) is 22.4 Å². The number of hydrogen-bond donors (Lipinski definition) is 0. The lowest BCUT2D eigenvalue weighted by molar-refractivity contribution is 0.0723. The zero-order chi connectivity index (χ0) is 25.4. The zero-order valence-corrected chi connectivity index (χ0v) is 19.7. The van der Waals surface area contributed by atoms with Gasteiger partial charge in [-0.3, -0.25) is 0 Å². The van der Waals surface area contributed by atoms with Crippen molar-refractivity contribution in [3.63, 3.8) is 0 Å². The van der Waals surface area contributed by atoms with Crippen LogP contribution in [0.3, 0.4) is 0 Å². The van der Waals surface area contributed by atoms with Crippen LogP contribution in [-0.4, -0.2) is 12.6 Å². The quantitative estimate of drug-likeness (QED) is 0.150. The monoisotopic (exact) mass is 491 g/mol. The van der Waals surface area contributed by atoms with Crippen LogP contribution in [0.1, 0.15) is 80.6 Å². The first-order chi connectivity index (χ1) is 16.8. The molecule has 1 saturated carbocycles. The lowest BCUT2D eigenvalue weighted by atomic mass is 9.80. The largest absolute Gasteiger partial charge is 0.493 e. The van der Waals surface area contributed by atoms with E-state index in [9.17, 15) is 22.4 Å². The molecule has 2 aromatic rings. The summed E-state index contributed by atoms with van der Waals surface area (Å²) in [6.45, 7) is 2.53. The van der Waals surface area contributed by atoms with Gasteiger partial charge in [0, 0.05) is 24.3 Å². The second kappa shape index (κ2) is 12.6. The Morgan fingerprint density at radius 2 is 1.46 bits per heavy atom. The molecule has 0 amide bonds. The molecule has 0 atom stereocenters. The molecule has 1 fully saturated rings. The molecule has 0 aromatic heterocycles. The van der Waals surface area contributed by atoms with E-state index in [1.807, 2.05) is 0 Å². The molecule has 8 heteroatoms. The van der Waals surface area contributed by atoms with Gasteiger partial charge >= 0.3 is 5.97 Å². The summed E-state index contributed by atoms with van der Waals surface area (Å²) in [6.07, 6.45) is 10.6. The molecule has 0 spiro atoms. The van der Waals surface area contributed by atoms with Gasteiger partial charge in [0.1, 0.15) is 52.0 Å². The van der Waals surface area contributed by atoms with Crippen molar-refractivity contribution in [1.82, 2.24) is 0 Å². The molecule has 4 nitrogen and oxygen atoms in total. The average molecular weight is 492 g/mol. The molecule has 0 N–H and O–H groups in total. The molecule has 2 aromatic carbocycles. The lowest BCUT2D eigenvalue weighted by Gasteiger charge is -2.28. The van der Waals surface area contributed by atoms with Gasteiger partial charge in [0.25, 0.3) is 0 Å². The van der Waals surface area contributed by atoms with Gasteiger partial charge in [-0.05, 0) is 24.7 Å². The summed E-state index contributed by atoms with van der Waals surface area (Å²) in [6, 6.07) is 4.28. The summed E-state index contributed by atoms with van der Waals surface area (Å²) in [5.74, 6) is -6.04. The molecule has 0 heterocycles. The number of nitrogens with zero attached hydrogens (tertiary/aromatic N) is 1. The summed E-state index contributed by atoms with van der Waals surface area (Å²) in [4.78, 5) is 12.2. The number of esters is 1. The highest BCUT2D eigenvalue weighted by atomic mass is 19.1. The molecule has 1 aliphatic carbocycles. The van der Waals surface area contributed by atoms with Gasteiger partial charge in [-0.1, -0.05) is 51.9 Å². The molecule has 0 saturated heterocycles. The van der Waals surface area contributed by atoms with Crippen LogP contribution in [0.4, 0.5) is 17.6 Å². The third-order valence-electron chi connectivity index (χ3n) is 6.48. The first-order valence-electron chi connectivity index (χ1n) is 12.1. The van der Waals surface area contributed by atoms with Gasteiger partial charge in [-0.2, -0.15) is 5.26 Å². The van der Waals surface area contributed by atoms with E-state index >= 15 is 0 Å². The van der Waals surface area contributed by atoms with Crippen molar-refractivity contribution in [2.45, 2.75) is 64.7 Å². The second-order valence-corrected chi connectivity index (χ2v) is 9.07. The minimum atomic E-state index is -1.47. The van der Waals surface area contributed by atoms with E-state index < -0.39 is 46.1 Å². The Morgan fingerprint density at radius 3 is 2.03 bits per heavy atom. The van der Waals surface area contributed by atoms with Gasteiger partial charge in [0.2, 0.25) is 0 Å². The third kappa shape index (κ3) is 7.20. The SMILES string of the molecule is CCCCCCC1CCC(COc2cc(F)c(C(=O)Oc3cc(F)c(C#N)c(F)c3)c(F)c2)CC1. The fraction of sp³-hybridized carbons (Fsp3) is 0.481. The fourth-order valence-electron chi connectivity index (χ4n) is 4.46. The Bertz CT molecular complexity index is 1030. The normalized spacial score (nSPS) is 17.6. The number of nitriles is 1. The van der Waals surface area contributed by atoms with Crippen molar-refractivity contribution in [2.24, 2.45) is 11.8 Å². The summed E-state index contributed by atoms with van der Waals surface area (Å²) in [5.41, 5.74) is -1.87. The summed E-state index contributed by atoms with van der Waals surface area (Å²) in [5, 5.41) is 8.69. The summed E-state index contributed by atoms with van der Waals surface area (Å²) >= 11 is 0. The van der Waals surface area contributed by atoms with Crippen LogP contribution in [-0.2, 0) is 0 Å². The zero-order valence-electron chi connectivity index (χ0n) is 19.7. The Morgan fingerprint density at radius 1 is 0.886 bits per heavy atom. The molecular weight excluding hydrogens is 462 g/mol. The standard InChI is InChI=1S/C27H29F4NO3/c1-2-3-4-5-6-17-7-9-18(10-8-17)16-34-19-11-24(30)26(25(31)12-19)27(33)35-20-13-22(28)21(15-32)23(29)14-20/h11-14,17-18H,2-10,16H2,1H3. The van der Waals surface area contributed by atoms with Crippen LogP contribution in [0.2, 0.25) is 0 Å². The maximum atomic E-state index is 14.5. The summed E-state index contributed by atoms with van der Waals surface area (Å²) in [7, 11) is 0. The first-order valence-corrected chi connectivity index (χ1v) is 12.1. The predicted molar refractivity (Wildman–Crippen MR) is 122 cm³/mol. The van der Waals surface area contributed by atoms with Gasteiger partial charge in [0.05, 0.1) is 6.61 Å². The number of halogens is 4. The molecule has 0 radical (unpaired) electrons. The number of benzene rings is 2. The number of carbonyl (C=O) groups is 1. The van der Waals surface area contributed by atoms with Crippen molar-refractivity contribution >= 4 is 5.97 Å². The van der Waals surface area contributed by atoms with E-state index in [2.05, 4.69) is 6.92 Å². The van der Waals surface area contributed by atoms with Gasteiger partial charge in [0.15, 0.2) is 0 Å². The summed E-state index contributed by atoms with van der Waals surface area (Å²) < 4.78 is 66.8. The molecule has 1 aliphatic rings. The average Bonchev–Trinajstić information content (AvgIpc) is 2.80. The molecule has 0 unspecified atom stereocenters. The molecular formula is C27H29F4NO3. The van der Waals surface area contributed by atoms with Gasteiger partial charge < -0.3 is 9.47 Å². The highest BCUT2D eigenvalue weighted by Gasteiger charge is 2.24. The van der Waals surface area contributed by atoms with Crippen LogP contribution < -0.4 is 9.47 Å². The molecule has 3 rings (SSSR count). The predicted octanol–water partition coefficient (Wildman–Crippen LogP) is 7.49. The van der Waals surface area contributed by atoms with Gasteiger partial charge in [-0.15, -0.1) is 0 Å². The Kier molecular flexibility index (Phi) is 9.53. The van der Waals surface area contributed by atoms with E-state index in [4.69, 9.17) is 14.7 Å². The van der Waals surface area contributed by atoms with Crippen molar-refractivity contribution in [1.29, 1.82) is 5.26 Å². The van der Waals surface area contributed by atoms with E-state index in [0.717, 1.165) is 43.7 Å². The van der Waals surface area contributed by atoms with Crippen LogP contribution >= 0.6 is 0 Å². The molecule has 35 heavy (non-hydrogen) atoms. The van der Waals surface area contributed by atoms with Crippen LogP contribution in [0.25, 0.3) is 0 Å². The Hall–Kier alpha value is -3.08. The molecule has 0 aliphatic heterocycles. The van der Waals surface area contributed by atoms with E-state index in [0.29, 0.717) is 24.7 Å². The van der Waals surface area contributed by atoms with E-state index in [-0.39, 0.29) is 5.75 Å². The number of hydrogen-bond acceptors (Lipinski definition) is 4. The highest BCUT2D eigenvalue weighted by Crippen LogP contribution is 2.33. The van der Waals surface area contributed by atoms with Crippen LogP contribution in [0.15, 0.2) is 24.3 Å². The smallest absolute Gasteiger partial charge is 0.349 e. The van der Waals surface area contributed by atoms with Crippen molar-refractivity contribution < 1.29 is 31.8 Å². The number of carbonyl (C=O) groups excluding carboxylic acids is 1. The lowest BCUT2D eigenvalue weighted by Crippen LogP contribution is -2.20. The highest BCUT2D eigenvalue weighted by molar-refractivity contribution is 5.91. The van der Waals surface area contributed by atoms with Crippen LogP contribution in [0, 0.1) is 46.4 Å². The van der Waals surface area contributed by atoms with Crippen molar-refractivity contribution in [3.05, 3.63) is 58.7 Å². The number of ether oxygens (including phenoxy) is 2. The topological polar surface area (TPSA) is 59.3 Å². The van der Waals surface area contributed by atoms with Crippen LogP contribution in [0.5, 0.6) is 11.5 Å². The minimum Gasteiger partial charge on any atom is -0.493 e. The van der Waals surface area contributed by atoms with Crippen molar-refractivity contribution in [2.75, 3.05) is 6.61 Å². The fourth-order valence-corrected chi connectivity index (χ4v) is 4.46. The Balaban J connectivity index is 1.54. The molecule has 188 valence electrons.